The highest BCUT2D eigenvalue weighted by atomic mass is 16.3. The van der Waals surface area contributed by atoms with E-state index in [1.807, 2.05) is 12.1 Å². The lowest BCUT2D eigenvalue weighted by molar-refractivity contribution is -0.106. The predicted molar refractivity (Wildman–Crippen MR) is 63.8 cm³/mol. The van der Waals surface area contributed by atoms with Crippen molar-refractivity contribution in [2.45, 2.75) is 0 Å². The van der Waals surface area contributed by atoms with E-state index in [1.165, 1.54) is 0 Å². The lowest BCUT2D eigenvalue weighted by Crippen LogP contribution is -1.82. The molecule has 0 bridgehead atoms. The first kappa shape index (κ1) is 11.7. The molecule has 4 nitrogen and oxygen atoms in total. The van der Waals surface area contributed by atoms with Crippen molar-refractivity contribution in [1.82, 2.24) is 4.98 Å². The minimum atomic E-state index is 0.250. The summed E-state index contributed by atoms with van der Waals surface area (Å²) in [6, 6.07) is 7.07. The second-order valence-electron chi connectivity index (χ2n) is 2.94. The number of carbonyl (C=O) groups is 1. The van der Waals surface area contributed by atoms with Crippen molar-refractivity contribution in [3.8, 4) is 5.75 Å². The maximum atomic E-state index is 9.25. The number of hydrogen-bond acceptors (Lipinski definition) is 3. The van der Waals surface area contributed by atoms with Gasteiger partial charge in [-0.3, -0.25) is 9.78 Å². The molecule has 0 fully saturated rings. The SMILES string of the molecule is C=Cc1nccc2cc(O)ccc12.NC=O. The largest absolute Gasteiger partial charge is 0.508 e. The Morgan fingerprint density at radius 3 is 2.69 bits per heavy atom. The summed E-state index contributed by atoms with van der Waals surface area (Å²) in [6.45, 7) is 3.68. The van der Waals surface area contributed by atoms with Gasteiger partial charge >= 0.3 is 0 Å². The van der Waals surface area contributed by atoms with Crippen LogP contribution in [0.1, 0.15) is 5.69 Å². The normalized spacial score (nSPS) is 9.00. The van der Waals surface area contributed by atoms with Gasteiger partial charge in [0.2, 0.25) is 6.41 Å². The summed E-state index contributed by atoms with van der Waals surface area (Å²) >= 11 is 0. The van der Waals surface area contributed by atoms with Crippen molar-refractivity contribution in [1.29, 1.82) is 0 Å². The van der Waals surface area contributed by atoms with Crippen molar-refractivity contribution in [3.63, 3.8) is 0 Å². The van der Waals surface area contributed by atoms with Gasteiger partial charge in [-0.2, -0.15) is 0 Å². The number of benzene rings is 1. The molecule has 0 unspecified atom stereocenters. The highest BCUT2D eigenvalue weighted by Gasteiger charge is 1.98. The van der Waals surface area contributed by atoms with E-state index in [4.69, 9.17) is 4.79 Å². The second-order valence-corrected chi connectivity index (χ2v) is 2.94. The van der Waals surface area contributed by atoms with E-state index in [2.05, 4.69) is 17.3 Å². The summed E-state index contributed by atoms with van der Waals surface area (Å²) in [5.74, 6) is 0.272. The van der Waals surface area contributed by atoms with Crippen molar-refractivity contribution in [3.05, 3.63) is 42.7 Å². The van der Waals surface area contributed by atoms with E-state index in [0.717, 1.165) is 16.5 Å². The number of aromatic nitrogens is 1. The van der Waals surface area contributed by atoms with E-state index in [9.17, 15) is 5.11 Å². The molecule has 4 heteroatoms. The van der Waals surface area contributed by atoms with Crippen molar-refractivity contribution in [2.24, 2.45) is 5.73 Å². The quantitative estimate of drug-likeness (QED) is 0.712. The maximum absolute atomic E-state index is 9.25. The lowest BCUT2D eigenvalue weighted by Gasteiger charge is -2.00. The van der Waals surface area contributed by atoms with Gasteiger partial charge in [-0.05, 0) is 35.7 Å². The van der Waals surface area contributed by atoms with Crippen molar-refractivity contribution in [2.75, 3.05) is 0 Å². The van der Waals surface area contributed by atoms with Gasteiger partial charge in [0.15, 0.2) is 0 Å². The van der Waals surface area contributed by atoms with Gasteiger partial charge in [-0.1, -0.05) is 6.58 Å². The molecule has 2 rings (SSSR count). The molecule has 16 heavy (non-hydrogen) atoms. The number of carbonyl (C=O) groups excluding carboxylic acids is 1. The van der Waals surface area contributed by atoms with Crippen LogP contribution >= 0.6 is 0 Å². The molecule has 82 valence electrons. The molecule has 0 aliphatic carbocycles. The molecule has 2 aromatic rings. The zero-order valence-electron chi connectivity index (χ0n) is 8.63. The van der Waals surface area contributed by atoms with Crippen molar-refractivity contribution >= 4 is 23.3 Å². The third-order valence-corrected chi connectivity index (χ3v) is 1.97. The minimum Gasteiger partial charge on any atom is -0.508 e. The number of nitrogens with two attached hydrogens (primary N) is 1. The van der Waals surface area contributed by atoms with Gasteiger partial charge in [-0.15, -0.1) is 0 Å². The molecule has 1 aromatic carbocycles. The molecule has 0 atom stereocenters. The van der Waals surface area contributed by atoms with E-state index < -0.39 is 0 Å². The fourth-order valence-electron chi connectivity index (χ4n) is 1.35. The van der Waals surface area contributed by atoms with Crippen LogP contribution in [0.15, 0.2) is 37.0 Å². The molecule has 1 aromatic heterocycles. The number of phenols is 1. The number of rotatable bonds is 1. The lowest BCUT2D eigenvalue weighted by atomic mass is 10.1. The predicted octanol–water partition coefficient (Wildman–Crippen LogP) is 1.68. The molecular weight excluding hydrogens is 204 g/mol. The summed E-state index contributed by atoms with van der Waals surface area (Å²) in [5, 5.41) is 11.2. The molecule has 0 aliphatic rings. The van der Waals surface area contributed by atoms with Crippen LogP contribution in [0.4, 0.5) is 0 Å². The van der Waals surface area contributed by atoms with Gasteiger partial charge in [0.1, 0.15) is 5.75 Å². The topological polar surface area (TPSA) is 76.2 Å². The Hall–Kier alpha value is -2.36. The third kappa shape index (κ3) is 2.57. The molecule has 1 heterocycles. The summed E-state index contributed by atoms with van der Waals surface area (Å²) < 4.78 is 0. The Balaban J connectivity index is 0.000000386. The third-order valence-electron chi connectivity index (χ3n) is 1.97. The average molecular weight is 216 g/mol. The second kappa shape index (κ2) is 5.50. The summed E-state index contributed by atoms with van der Waals surface area (Å²) in [7, 11) is 0. The summed E-state index contributed by atoms with van der Waals surface area (Å²) in [5.41, 5.74) is 5.01. The summed E-state index contributed by atoms with van der Waals surface area (Å²) in [4.78, 5) is 12.7. The number of amides is 1. The van der Waals surface area contributed by atoms with Crippen LogP contribution in [0.3, 0.4) is 0 Å². The number of primary amides is 1. The van der Waals surface area contributed by atoms with Gasteiger partial charge < -0.3 is 10.8 Å². The molecule has 0 aliphatic heterocycles. The summed E-state index contributed by atoms with van der Waals surface area (Å²) in [6.07, 6.45) is 3.66. The standard InChI is InChI=1S/C11H9NO.CH3NO/c1-2-11-10-4-3-9(13)7-8(10)5-6-12-11;2-1-3/h2-7,13H,1H2;1H,(H2,2,3). The van der Waals surface area contributed by atoms with Crippen LogP contribution in [0, 0.1) is 0 Å². The van der Waals surface area contributed by atoms with Gasteiger partial charge in [-0.25, -0.2) is 0 Å². The van der Waals surface area contributed by atoms with E-state index in [1.54, 1.807) is 24.4 Å². The molecular formula is C12H12N2O2. The Morgan fingerprint density at radius 1 is 1.38 bits per heavy atom. The smallest absolute Gasteiger partial charge is 0.204 e. The average Bonchev–Trinajstić information content (AvgIpc) is 2.28. The van der Waals surface area contributed by atoms with E-state index >= 15 is 0 Å². The van der Waals surface area contributed by atoms with Gasteiger partial charge in [0.05, 0.1) is 5.69 Å². The Kier molecular flexibility index (Phi) is 4.03. The zero-order valence-corrected chi connectivity index (χ0v) is 8.63. The van der Waals surface area contributed by atoms with Crippen LogP contribution in [-0.4, -0.2) is 16.5 Å². The fraction of sp³-hybridized carbons (Fsp3) is 0. The number of aromatic hydroxyl groups is 1. The van der Waals surface area contributed by atoms with Crippen LogP contribution in [0.25, 0.3) is 16.8 Å². The number of fused-ring (bicyclic) bond motifs is 1. The highest BCUT2D eigenvalue weighted by Crippen LogP contribution is 2.21. The van der Waals surface area contributed by atoms with Gasteiger partial charge in [0, 0.05) is 11.6 Å². The number of hydrogen-bond donors (Lipinski definition) is 2. The maximum Gasteiger partial charge on any atom is 0.204 e. The molecule has 0 saturated heterocycles. The number of nitrogens with zero attached hydrogens (tertiary/aromatic N) is 1. The Labute approximate surface area is 93.0 Å². The van der Waals surface area contributed by atoms with Crippen LogP contribution in [-0.2, 0) is 4.79 Å². The van der Waals surface area contributed by atoms with Crippen LogP contribution in [0.5, 0.6) is 5.75 Å². The number of phenolic OH excluding ortho intramolecular Hbond substituents is 1. The van der Waals surface area contributed by atoms with Crippen molar-refractivity contribution < 1.29 is 9.90 Å². The highest BCUT2D eigenvalue weighted by molar-refractivity contribution is 5.89. The first-order valence-electron chi connectivity index (χ1n) is 4.58. The van der Waals surface area contributed by atoms with E-state index in [0.29, 0.717) is 0 Å². The number of pyridine rings is 1. The van der Waals surface area contributed by atoms with Crippen LogP contribution in [0.2, 0.25) is 0 Å². The van der Waals surface area contributed by atoms with Gasteiger partial charge in [0.25, 0.3) is 0 Å². The molecule has 0 spiro atoms. The van der Waals surface area contributed by atoms with Crippen LogP contribution < -0.4 is 5.73 Å². The first-order chi connectivity index (χ1) is 7.72. The molecule has 3 N–H and O–H groups in total. The first-order valence-corrected chi connectivity index (χ1v) is 4.58. The monoisotopic (exact) mass is 216 g/mol. The molecule has 0 saturated carbocycles. The zero-order chi connectivity index (χ0) is 12.0. The van der Waals surface area contributed by atoms with E-state index in [-0.39, 0.29) is 12.2 Å². The Morgan fingerprint density at radius 2 is 2.06 bits per heavy atom. The fourth-order valence-corrected chi connectivity index (χ4v) is 1.35. The minimum absolute atomic E-state index is 0.250. The molecule has 0 radical (unpaired) electrons. The Bertz CT molecular complexity index is 509. The molecule has 1 amide bonds.